The van der Waals surface area contributed by atoms with Crippen molar-refractivity contribution in [2.24, 2.45) is 0 Å². The summed E-state index contributed by atoms with van der Waals surface area (Å²) in [6, 6.07) is 1.41. The summed E-state index contributed by atoms with van der Waals surface area (Å²) in [7, 11) is 0. The number of aromatic nitrogens is 1. The van der Waals surface area contributed by atoms with Crippen LogP contribution in [-0.2, 0) is 4.79 Å². The standard InChI is InChI=1S/C14H16N2O4/c1-3-5-9(4-2)10-6-11(17)13(15-7-10)14(20)16-8-12(18)19/h3-7,17H,8H2,1-2H3,(H,16,20)(H,18,19)/b5-3-,9-4+. The van der Waals surface area contributed by atoms with Gasteiger partial charge in [-0.1, -0.05) is 18.2 Å². The van der Waals surface area contributed by atoms with Crippen molar-refractivity contribution in [1.29, 1.82) is 0 Å². The highest BCUT2D eigenvalue weighted by atomic mass is 16.4. The van der Waals surface area contributed by atoms with Crippen molar-refractivity contribution in [3.05, 3.63) is 41.7 Å². The zero-order valence-corrected chi connectivity index (χ0v) is 11.3. The molecule has 0 saturated carbocycles. The molecular formula is C14H16N2O4. The average Bonchev–Trinajstić information content (AvgIpc) is 2.42. The summed E-state index contributed by atoms with van der Waals surface area (Å²) in [5.41, 5.74) is 1.32. The summed E-state index contributed by atoms with van der Waals surface area (Å²) in [5, 5.41) is 20.4. The molecule has 0 bridgehead atoms. The van der Waals surface area contributed by atoms with Gasteiger partial charge in [-0.2, -0.15) is 0 Å². The number of rotatable bonds is 5. The van der Waals surface area contributed by atoms with Gasteiger partial charge in [-0.05, 0) is 25.5 Å². The molecule has 20 heavy (non-hydrogen) atoms. The Hall–Kier alpha value is -2.63. The molecule has 0 spiro atoms. The van der Waals surface area contributed by atoms with E-state index in [0.29, 0.717) is 5.56 Å². The lowest BCUT2D eigenvalue weighted by Gasteiger charge is -2.07. The fourth-order valence-electron chi connectivity index (χ4n) is 1.56. The second-order valence-electron chi connectivity index (χ2n) is 3.91. The van der Waals surface area contributed by atoms with Crippen LogP contribution in [0.3, 0.4) is 0 Å². The van der Waals surface area contributed by atoms with Crippen molar-refractivity contribution in [2.45, 2.75) is 13.8 Å². The summed E-state index contributed by atoms with van der Waals surface area (Å²) >= 11 is 0. The third-order valence-corrected chi connectivity index (χ3v) is 2.47. The number of carboxylic acid groups (broad SMARTS) is 1. The molecular weight excluding hydrogens is 260 g/mol. The molecule has 0 aliphatic rings. The monoisotopic (exact) mass is 276 g/mol. The molecule has 0 aliphatic heterocycles. The van der Waals surface area contributed by atoms with Crippen LogP contribution >= 0.6 is 0 Å². The van der Waals surface area contributed by atoms with Gasteiger partial charge in [0.05, 0.1) is 0 Å². The molecule has 6 heteroatoms. The van der Waals surface area contributed by atoms with E-state index in [1.807, 2.05) is 32.1 Å². The maximum atomic E-state index is 11.6. The largest absolute Gasteiger partial charge is 0.505 e. The first kappa shape index (κ1) is 15.4. The van der Waals surface area contributed by atoms with Crippen molar-refractivity contribution in [1.82, 2.24) is 10.3 Å². The van der Waals surface area contributed by atoms with Crippen molar-refractivity contribution in [3.8, 4) is 5.75 Å². The summed E-state index contributed by atoms with van der Waals surface area (Å²) in [5.74, 6) is -2.20. The third kappa shape index (κ3) is 3.94. The minimum absolute atomic E-state index is 0.203. The predicted octanol–water partition coefficient (Wildman–Crippen LogP) is 1.58. The molecule has 0 radical (unpaired) electrons. The molecule has 1 heterocycles. The lowest BCUT2D eigenvalue weighted by Crippen LogP contribution is -2.29. The third-order valence-electron chi connectivity index (χ3n) is 2.47. The Morgan fingerprint density at radius 1 is 1.40 bits per heavy atom. The highest BCUT2D eigenvalue weighted by Gasteiger charge is 2.14. The number of carbonyl (C=O) groups excluding carboxylic acids is 1. The number of nitrogens with zero attached hydrogens (tertiary/aromatic N) is 1. The number of hydrogen-bond acceptors (Lipinski definition) is 4. The van der Waals surface area contributed by atoms with Crippen LogP contribution in [0.25, 0.3) is 5.57 Å². The molecule has 0 aliphatic carbocycles. The number of nitrogens with one attached hydrogen (secondary N) is 1. The van der Waals surface area contributed by atoms with Gasteiger partial charge in [0, 0.05) is 11.8 Å². The van der Waals surface area contributed by atoms with Gasteiger partial charge in [-0.3, -0.25) is 9.59 Å². The second kappa shape index (κ2) is 7.08. The van der Waals surface area contributed by atoms with E-state index in [2.05, 4.69) is 10.3 Å². The zero-order chi connectivity index (χ0) is 15.1. The van der Waals surface area contributed by atoms with Crippen molar-refractivity contribution >= 4 is 17.4 Å². The van der Waals surface area contributed by atoms with Crippen LogP contribution in [0.1, 0.15) is 29.9 Å². The molecule has 0 fully saturated rings. The van der Waals surface area contributed by atoms with E-state index < -0.39 is 18.4 Å². The number of allylic oxidation sites excluding steroid dienone is 4. The lowest BCUT2D eigenvalue weighted by atomic mass is 10.1. The van der Waals surface area contributed by atoms with E-state index in [-0.39, 0.29) is 11.4 Å². The first-order valence-corrected chi connectivity index (χ1v) is 5.98. The Balaban J connectivity index is 2.99. The molecule has 1 aromatic heterocycles. The normalized spacial score (nSPS) is 11.6. The minimum Gasteiger partial charge on any atom is -0.505 e. The number of hydrogen-bond donors (Lipinski definition) is 3. The quantitative estimate of drug-likeness (QED) is 0.709. The Kier molecular flexibility index (Phi) is 5.46. The topological polar surface area (TPSA) is 99.5 Å². The summed E-state index contributed by atoms with van der Waals surface area (Å²) in [6.07, 6.45) is 6.99. The Labute approximate surface area is 116 Å². The van der Waals surface area contributed by atoms with Crippen LogP contribution in [0.15, 0.2) is 30.5 Å². The first-order chi connectivity index (χ1) is 9.49. The van der Waals surface area contributed by atoms with Crippen LogP contribution in [0.4, 0.5) is 0 Å². The van der Waals surface area contributed by atoms with E-state index in [0.717, 1.165) is 5.57 Å². The zero-order valence-electron chi connectivity index (χ0n) is 11.3. The van der Waals surface area contributed by atoms with Gasteiger partial charge in [0.2, 0.25) is 0 Å². The highest BCUT2D eigenvalue weighted by molar-refractivity contribution is 5.96. The van der Waals surface area contributed by atoms with E-state index in [1.165, 1.54) is 12.3 Å². The molecule has 1 amide bonds. The summed E-state index contributed by atoms with van der Waals surface area (Å²) in [4.78, 5) is 25.9. The maximum absolute atomic E-state index is 11.6. The molecule has 1 rings (SSSR count). The van der Waals surface area contributed by atoms with Crippen LogP contribution in [-0.4, -0.2) is 33.6 Å². The number of pyridine rings is 1. The fourth-order valence-corrected chi connectivity index (χ4v) is 1.56. The Bertz CT molecular complexity index is 577. The molecule has 0 unspecified atom stereocenters. The van der Waals surface area contributed by atoms with Crippen molar-refractivity contribution in [2.75, 3.05) is 6.54 Å². The molecule has 106 valence electrons. The summed E-state index contributed by atoms with van der Waals surface area (Å²) in [6.45, 7) is 3.19. The number of aliphatic carboxylic acids is 1. The van der Waals surface area contributed by atoms with Gasteiger partial charge in [-0.15, -0.1) is 0 Å². The van der Waals surface area contributed by atoms with Crippen molar-refractivity contribution < 1.29 is 19.8 Å². The smallest absolute Gasteiger partial charge is 0.322 e. The van der Waals surface area contributed by atoms with Crippen molar-refractivity contribution in [3.63, 3.8) is 0 Å². The second-order valence-corrected chi connectivity index (χ2v) is 3.91. The number of carbonyl (C=O) groups is 2. The fraction of sp³-hybridized carbons (Fsp3) is 0.214. The molecule has 6 nitrogen and oxygen atoms in total. The first-order valence-electron chi connectivity index (χ1n) is 5.98. The van der Waals surface area contributed by atoms with Gasteiger partial charge in [0.1, 0.15) is 12.3 Å². The van der Waals surface area contributed by atoms with Gasteiger partial charge >= 0.3 is 5.97 Å². The molecule has 0 saturated heterocycles. The average molecular weight is 276 g/mol. The van der Waals surface area contributed by atoms with Gasteiger partial charge in [-0.25, -0.2) is 4.98 Å². The molecule has 3 N–H and O–H groups in total. The lowest BCUT2D eigenvalue weighted by molar-refractivity contribution is -0.135. The van der Waals surface area contributed by atoms with Gasteiger partial charge < -0.3 is 15.5 Å². The predicted molar refractivity (Wildman–Crippen MR) is 74.3 cm³/mol. The van der Waals surface area contributed by atoms with E-state index in [9.17, 15) is 14.7 Å². The highest BCUT2D eigenvalue weighted by Crippen LogP contribution is 2.22. The maximum Gasteiger partial charge on any atom is 0.322 e. The number of carboxylic acids is 1. The van der Waals surface area contributed by atoms with E-state index >= 15 is 0 Å². The van der Waals surface area contributed by atoms with Crippen LogP contribution in [0.2, 0.25) is 0 Å². The molecule has 0 aromatic carbocycles. The van der Waals surface area contributed by atoms with E-state index in [1.54, 1.807) is 0 Å². The van der Waals surface area contributed by atoms with E-state index in [4.69, 9.17) is 5.11 Å². The Morgan fingerprint density at radius 2 is 2.10 bits per heavy atom. The van der Waals surface area contributed by atoms with Crippen LogP contribution < -0.4 is 5.32 Å². The van der Waals surface area contributed by atoms with Crippen LogP contribution in [0.5, 0.6) is 5.75 Å². The Morgan fingerprint density at radius 3 is 2.60 bits per heavy atom. The molecule has 0 atom stereocenters. The number of amides is 1. The van der Waals surface area contributed by atoms with Gasteiger partial charge in [0.15, 0.2) is 5.69 Å². The SMILES string of the molecule is C/C=C\C(=C/C)c1cnc(C(=O)NCC(=O)O)c(O)c1. The minimum atomic E-state index is -1.17. The summed E-state index contributed by atoms with van der Waals surface area (Å²) < 4.78 is 0. The van der Waals surface area contributed by atoms with Crippen LogP contribution in [0, 0.1) is 0 Å². The number of aromatic hydroxyl groups is 1. The molecule has 1 aromatic rings. The van der Waals surface area contributed by atoms with Gasteiger partial charge in [0.25, 0.3) is 5.91 Å².